The average molecular weight is 234 g/mol. The number of fused-ring (bicyclic) bond motifs is 1. The summed E-state index contributed by atoms with van der Waals surface area (Å²) in [6, 6.07) is 8.39. The van der Waals surface area contributed by atoms with Crippen LogP contribution >= 0.6 is 11.5 Å². The summed E-state index contributed by atoms with van der Waals surface area (Å²) < 4.78 is 5.81. The molecule has 1 aromatic heterocycles. The van der Waals surface area contributed by atoms with E-state index < -0.39 is 0 Å². The lowest BCUT2D eigenvalue weighted by atomic mass is 10.2. The van der Waals surface area contributed by atoms with Crippen molar-refractivity contribution in [3.05, 3.63) is 24.3 Å². The molecule has 2 aromatic rings. The maximum Gasteiger partial charge on any atom is 0.150 e. The monoisotopic (exact) mass is 234 g/mol. The lowest BCUT2D eigenvalue weighted by molar-refractivity contribution is 0.266. The number of nitrogens with two attached hydrogens (primary N) is 1. The van der Waals surface area contributed by atoms with Gasteiger partial charge in [-0.1, -0.05) is 12.1 Å². The molecule has 1 fully saturated rings. The minimum absolute atomic E-state index is 0.909. The number of rotatable bonds is 1. The van der Waals surface area contributed by atoms with Crippen molar-refractivity contribution in [1.29, 1.82) is 0 Å². The maximum absolute atomic E-state index is 5.75. The number of piperazine rings is 1. The molecule has 1 aliphatic heterocycles. The lowest BCUT2D eigenvalue weighted by Gasteiger charge is -2.32. The smallest absolute Gasteiger partial charge is 0.150 e. The van der Waals surface area contributed by atoms with Crippen LogP contribution < -0.4 is 10.7 Å². The van der Waals surface area contributed by atoms with Crippen molar-refractivity contribution >= 4 is 27.4 Å². The summed E-state index contributed by atoms with van der Waals surface area (Å²) in [5.41, 5.74) is 0. The van der Waals surface area contributed by atoms with Gasteiger partial charge in [0.15, 0.2) is 0 Å². The molecule has 0 radical (unpaired) electrons. The van der Waals surface area contributed by atoms with Gasteiger partial charge in [-0.05, 0) is 23.7 Å². The predicted molar refractivity (Wildman–Crippen MR) is 67.6 cm³/mol. The Morgan fingerprint density at radius 2 is 1.88 bits per heavy atom. The first-order valence-corrected chi connectivity index (χ1v) is 6.21. The van der Waals surface area contributed by atoms with Crippen molar-refractivity contribution in [3.63, 3.8) is 0 Å². The molecule has 16 heavy (non-hydrogen) atoms. The molecule has 0 saturated carbocycles. The van der Waals surface area contributed by atoms with Gasteiger partial charge >= 0.3 is 0 Å². The molecule has 4 nitrogen and oxygen atoms in total. The quantitative estimate of drug-likeness (QED) is 0.755. The van der Waals surface area contributed by atoms with E-state index in [2.05, 4.69) is 33.5 Å². The molecule has 3 rings (SSSR count). The van der Waals surface area contributed by atoms with Crippen LogP contribution in [0.5, 0.6) is 0 Å². The largest absolute Gasteiger partial charge is 0.353 e. The summed E-state index contributed by atoms with van der Waals surface area (Å²) in [5.74, 6) is 6.87. The highest BCUT2D eigenvalue weighted by Gasteiger charge is 2.18. The van der Waals surface area contributed by atoms with Gasteiger partial charge in [0.25, 0.3) is 0 Å². The Labute approximate surface area is 98.4 Å². The van der Waals surface area contributed by atoms with E-state index in [0.717, 1.165) is 32.0 Å². The fourth-order valence-electron chi connectivity index (χ4n) is 2.03. The molecule has 0 amide bonds. The molecule has 2 N–H and O–H groups in total. The highest BCUT2D eigenvalue weighted by Crippen LogP contribution is 2.29. The predicted octanol–water partition coefficient (Wildman–Crippen LogP) is 1.29. The summed E-state index contributed by atoms with van der Waals surface area (Å²) in [7, 11) is 0. The molecule has 1 aliphatic rings. The molecule has 0 bridgehead atoms. The van der Waals surface area contributed by atoms with Gasteiger partial charge in [0.05, 0.1) is 4.70 Å². The van der Waals surface area contributed by atoms with Gasteiger partial charge in [-0.15, -0.1) is 0 Å². The minimum atomic E-state index is 0.909. The van der Waals surface area contributed by atoms with Gasteiger partial charge in [0.2, 0.25) is 0 Å². The maximum atomic E-state index is 5.75. The van der Waals surface area contributed by atoms with Gasteiger partial charge in [-0.2, -0.15) is 4.37 Å². The van der Waals surface area contributed by atoms with E-state index in [1.54, 1.807) is 11.5 Å². The zero-order valence-electron chi connectivity index (χ0n) is 8.97. The summed E-state index contributed by atoms with van der Waals surface area (Å²) in [6.45, 7) is 3.74. The van der Waals surface area contributed by atoms with Crippen LogP contribution in [0.15, 0.2) is 24.3 Å². The van der Waals surface area contributed by atoms with E-state index in [-0.39, 0.29) is 0 Å². The number of anilines is 1. The zero-order valence-corrected chi connectivity index (χ0v) is 9.78. The number of aromatic nitrogens is 1. The van der Waals surface area contributed by atoms with Gasteiger partial charge in [0.1, 0.15) is 5.82 Å². The van der Waals surface area contributed by atoms with Crippen molar-refractivity contribution in [2.24, 2.45) is 5.84 Å². The van der Waals surface area contributed by atoms with E-state index in [4.69, 9.17) is 5.84 Å². The molecule has 0 aliphatic carbocycles. The Balaban J connectivity index is 1.94. The number of hydrogen-bond donors (Lipinski definition) is 1. The average Bonchev–Trinajstić information content (AvgIpc) is 2.74. The van der Waals surface area contributed by atoms with Crippen LogP contribution in [-0.4, -0.2) is 35.6 Å². The lowest BCUT2D eigenvalue weighted by Crippen LogP contribution is -2.49. The minimum Gasteiger partial charge on any atom is -0.353 e. The second-order valence-corrected chi connectivity index (χ2v) is 4.83. The Morgan fingerprint density at radius 3 is 2.69 bits per heavy atom. The van der Waals surface area contributed by atoms with Crippen LogP contribution in [0.3, 0.4) is 0 Å². The molecule has 5 heteroatoms. The van der Waals surface area contributed by atoms with E-state index in [0.29, 0.717) is 0 Å². The summed E-state index contributed by atoms with van der Waals surface area (Å²) in [5, 5.41) is 3.13. The number of benzene rings is 1. The third-order valence-corrected chi connectivity index (χ3v) is 3.79. The summed E-state index contributed by atoms with van der Waals surface area (Å²) in [6.07, 6.45) is 0. The fourth-order valence-corrected chi connectivity index (χ4v) is 2.83. The number of hydrazine groups is 1. The Kier molecular flexibility index (Phi) is 2.51. The van der Waals surface area contributed by atoms with Crippen molar-refractivity contribution in [2.45, 2.75) is 0 Å². The van der Waals surface area contributed by atoms with E-state index >= 15 is 0 Å². The van der Waals surface area contributed by atoms with Gasteiger partial charge in [-0.3, -0.25) is 5.84 Å². The summed E-state index contributed by atoms with van der Waals surface area (Å²) in [4.78, 5) is 2.32. The van der Waals surface area contributed by atoms with Crippen LogP contribution in [0.1, 0.15) is 0 Å². The standard InChI is InChI=1S/C11H14N4S/c12-15-7-5-14(6-8-15)11-9-3-1-2-4-10(9)16-13-11/h1-4H,5-8,12H2. The number of nitrogens with zero attached hydrogens (tertiary/aromatic N) is 3. The highest BCUT2D eigenvalue weighted by molar-refractivity contribution is 7.13. The molecule has 1 saturated heterocycles. The van der Waals surface area contributed by atoms with Gasteiger partial charge < -0.3 is 4.90 Å². The fraction of sp³-hybridized carbons (Fsp3) is 0.364. The van der Waals surface area contributed by atoms with Crippen LogP contribution in [0.25, 0.3) is 10.1 Å². The third-order valence-electron chi connectivity index (χ3n) is 2.97. The molecule has 0 atom stereocenters. The first-order chi connectivity index (χ1) is 7.84. The van der Waals surface area contributed by atoms with Crippen molar-refractivity contribution in [1.82, 2.24) is 9.38 Å². The third kappa shape index (κ3) is 1.67. The second-order valence-electron chi connectivity index (χ2n) is 4.03. The van der Waals surface area contributed by atoms with Gasteiger partial charge in [-0.25, -0.2) is 5.01 Å². The second kappa shape index (κ2) is 4.01. The normalized spacial score (nSPS) is 18.2. The van der Waals surface area contributed by atoms with Gasteiger partial charge in [0, 0.05) is 31.6 Å². The molecule has 0 spiro atoms. The van der Waals surface area contributed by atoms with Crippen molar-refractivity contribution < 1.29 is 0 Å². The Bertz CT molecular complexity index is 487. The number of hydrogen-bond acceptors (Lipinski definition) is 5. The SMILES string of the molecule is NN1CCN(c2nsc3ccccc23)CC1. The Morgan fingerprint density at radius 1 is 1.12 bits per heavy atom. The first-order valence-electron chi connectivity index (χ1n) is 5.43. The first kappa shape index (κ1) is 10.0. The Hall–Kier alpha value is -1.17. The molecular formula is C11H14N4S. The highest BCUT2D eigenvalue weighted by atomic mass is 32.1. The van der Waals surface area contributed by atoms with Crippen LogP contribution in [0.4, 0.5) is 5.82 Å². The molecule has 1 aromatic carbocycles. The molecule has 2 heterocycles. The van der Waals surface area contributed by atoms with Crippen LogP contribution in [-0.2, 0) is 0 Å². The van der Waals surface area contributed by atoms with E-state index in [1.165, 1.54) is 10.1 Å². The zero-order chi connectivity index (χ0) is 11.0. The molecular weight excluding hydrogens is 220 g/mol. The van der Waals surface area contributed by atoms with E-state index in [9.17, 15) is 0 Å². The topological polar surface area (TPSA) is 45.4 Å². The van der Waals surface area contributed by atoms with Crippen LogP contribution in [0, 0.1) is 0 Å². The van der Waals surface area contributed by atoms with Crippen LogP contribution in [0.2, 0.25) is 0 Å². The molecule has 84 valence electrons. The van der Waals surface area contributed by atoms with Crippen molar-refractivity contribution in [2.75, 3.05) is 31.1 Å². The molecule has 0 unspecified atom stereocenters. The van der Waals surface area contributed by atoms with E-state index in [1.807, 2.05) is 5.01 Å². The summed E-state index contributed by atoms with van der Waals surface area (Å²) >= 11 is 1.57. The van der Waals surface area contributed by atoms with Crippen molar-refractivity contribution in [3.8, 4) is 0 Å².